The molecule has 0 bridgehead atoms. The van der Waals surface area contributed by atoms with Gasteiger partial charge in [-0.1, -0.05) is 0 Å². The molecule has 1 aromatic carbocycles. The zero-order valence-electron chi connectivity index (χ0n) is 11.8. The summed E-state index contributed by atoms with van der Waals surface area (Å²) in [5.74, 6) is -0.451. The standard InChI is InChI=1S/C15H17FN2O3/c1-10-2-3-11-8-12(16)4-5-13(11)18(10)14(19)9-17-6-7-21-15(17)20/h4-5,8,10H,2-3,6-7,9H2,1H3/t10-/m0/s1. The molecule has 21 heavy (non-hydrogen) atoms. The van der Waals surface area contributed by atoms with Crippen molar-refractivity contribution in [2.45, 2.75) is 25.8 Å². The van der Waals surface area contributed by atoms with Crippen molar-refractivity contribution in [3.05, 3.63) is 29.6 Å². The highest BCUT2D eigenvalue weighted by atomic mass is 19.1. The van der Waals surface area contributed by atoms with E-state index in [1.807, 2.05) is 6.92 Å². The second-order valence-electron chi connectivity index (χ2n) is 5.46. The SMILES string of the molecule is C[C@H]1CCc2cc(F)ccc2N1C(=O)CN1CCOC1=O. The summed E-state index contributed by atoms with van der Waals surface area (Å²) >= 11 is 0. The molecule has 0 radical (unpaired) electrons. The highest BCUT2D eigenvalue weighted by Gasteiger charge is 2.32. The molecule has 0 spiro atoms. The highest BCUT2D eigenvalue weighted by Crippen LogP contribution is 2.31. The van der Waals surface area contributed by atoms with Gasteiger partial charge in [0.05, 0.1) is 6.54 Å². The van der Waals surface area contributed by atoms with E-state index < -0.39 is 6.09 Å². The molecule has 0 aliphatic carbocycles. The van der Waals surface area contributed by atoms with Crippen LogP contribution in [0.4, 0.5) is 14.9 Å². The molecule has 1 atom stereocenters. The summed E-state index contributed by atoms with van der Waals surface area (Å²) in [6.07, 6.45) is 1.09. The Kier molecular flexibility index (Phi) is 3.53. The monoisotopic (exact) mass is 292 g/mol. The van der Waals surface area contributed by atoms with E-state index in [4.69, 9.17) is 4.74 Å². The van der Waals surface area contributed by atoms with Crippen molar-refractivity contribution < 1.29 is 18.7 Å². The number of amides is 2. The van der Waals surface area contributed by atoms with Crippen molar-refractivity contribution in [3.8, 4) is 0 Å². The molecule has 2 aliphatic rings. The molecule has 0 saturated carbocycles. The van der Waals surface area contributed by atoms with Crippen LogP contribution in [0.15, 0.2) is 18.2 Å². The number of benzene rings is 1. The number of anilines is 1. The van der Waals surface area contributed by atoms with Gasteiger partial charge in [0.1, 0.15) is 19.0 Å². The summed E-state index contributed by atoms with van der Waals surface area (Å²) in [5.41, 5.74) is 1.58. The van der Waals surface area contributed by atoms with Gasteiger partial charge < -0.3 is 9.64 Å². The minimum atomic E-state index is -0.452. The molecule has 0 unspecified atom stereocenters. The smallest absolute Gasteiger partial charge is 0.410 e. The summed E-state index contributed by atoms with van der Waals surface area (Å²) in [6.45, 7) is 2.72. The minimum absolute atomic E-state index is 0.0000102. The van der Waals surface area contributed by atoms with Crippen molar-refractivity contribution in [1.29, 1.82) is 0 Å². The maximum Gasteiger partial charge on any atom is 0.410 e. The van der Waals surface area contributed by atoms with Gasteiger partial charge in [-0.25, -0.2) is 9.18 Å². The molecular weight excluding hydrogens is 275 g/mol. The van der Waals surface area contributed by atoms with Crippen LogP contribution < -0.4 is 4.90 Å². The second kappa shape index (κ2) is 5.35. The number of ether oxygens (including phenoxy) is 1. The van der Waals surface area contributed by atoms with Crippen LogP contribution >= 0.6 is 0 Å². The molecule has 2 aliphatic heterocycles. The van der Waals surface area contributed by atoms with Crippen molar-refractivity contribution in [2.24, 2.45) is 0 Å². The first-order chi connectivity index (χ1) is 10.1. The topological polar surface area (TPSA) is 49.9 Å². The van der Waals surface area contributed by atoms with Gasteiger partial charge in [0, 0.05) is 11.7 Å². The van der Waals surface area contributed by atoms with Gasteiger partial charge in [0.25, 0.3) is 0 Å². The third-order valence-corrected chi connectivity index (χ3v) is 4.01. The fourth-order valence-corrected chi connectivity index (χ4v) is 2.91. The van der Waals surface area contributed by atoms with Crippen LogP contribution in [-0.2, 0) is 16.0 Å². The van der Waals surface area contributed by atoms with Crippen LogP contribution in [0.3, 0.4) is 0 Å². The molecular formula is C15H17FN2O3. The van der Waals surface area contributed by atoms with Crippen LogP contribution in [-0.4, -0.2) is 42.6 Å². The van der Waals surface area contributed by atoms with Crippen molar-refractivity contribution in [3.63, 3.8) is 0 Å². The summed E-state index contributed by atoms with van der Waals surface area (Å²) in [7, 11) is 0. The van der Waals surface area contributed by atoms with Gasteiger partial charge >= 0.3 is 6.09 Å². The Balaban J connectivity index is 1.83. The lowest BCUT2D eigenvalue weighted by Gasteiger charge is -2.36. The molecule has 1 fully saturated rings. The number of cyclic esters (lactones) is 1. The second-order valence-corrected chi connectivity index (χ2v) is 5.46. The van der Waals surface area contributed by atoms with Crippen molar-refractivity contribution in [1.82, 2.24) is 4.90 Å². The molecule has 112 valence electrons. The minimum Gasteiger partial charge on any atom is -0.448 e. The molecule has 6 heteroatoms. The Morgan fingerprint density at radius 3 is 3.00 bits per heavy atom. The summed E-state index contributed by atoms with van der Waals surface area (Å²) < 4.78 is 18.2. The molecule has 0 aromatic heterocycles. The number of hydrogen-bond acceptors (Lipinski definition) is 3. The van der Waals surface area contributed by atoms with E-state index >= 15 is 0 Å². The Morgan fingerprint density at radius 1 is 1.48 bits per heavy atom. The Labute approximate surface area is 122 Å². The summed E-state index contributed by atoms with van der Waals surface area (Å²) in [5, 5.41) is 0. The first-order valence-corrected chi connectivity index (χ1v) is 7.08. The van der Waals surface area contributed by atoms with Gasteiger partial charge in [-0.05, 0) is 43.5 Å². The van der Waals surface area contributed by atoms with E-state index in [0.717, 1.165) is 24.1 Å². The molecule has 0 N–H and O–H groups in total. The predicted octanol–water partition coefficient (Wildman–Crippen LogP) is 1.95. The third-order valence-electron chi connectivity index (χ3n) is 4.01. The first-order valence-electron chi connectivity index (χ1n) is 7.08. The van der Waals surface area contributed by atoms with Gasteiger partial charge in [-0.2, -0.15) is 0 Å². The van der Waals surface area contributed by atoms with Crippen LogP contribution in [0, 0.1) is 5.82 Å². The number of halogens is 1. The average molecular weight is 292 g/mol. The van der Waals surface area contributed by atoms with Crippen molar-refractivity contribution in [2.75, 3.05) is 24.6 Å². The average Bonchev–Trinajstić information content (AvgIpc) is 2.84. The summed E-state index contributed by atoms with van der Waals surface area (Å²) in [6, 6.07) is 4.52. The lowest BCUT2D eigenvalue weighted by atomic mass is 9.96. The number of nitrogens with zero attached hydrogens (tertiary/aromatic N) is 2. The Hall–Kier alpha value is -2.11. The normalized spacial score (nSPS) is 21.2. The molecule has 2 amide bonds. The van der Waals surface area contributed by atoms with E-state index in [0.29, 0.717) is 13.2 Å². The molecule has 5 nitrogen and oxygen atoms in total. The fourth-order valence-electron chi connectivity index (χ4n) is 2.91. The zero-order valence-corrected chi connectivity index (χ0v) is 11.8. The Bertz CT molecular complexity index is 590. The predicted molar refractivity (Wildman–Crippen MR) is 74.6 cm³/mol. The lowest BCUT2D eigenvalue weighted by molar-refractivity contribution is -0.119. The molecule has 2 heterocycles. The Morgan fingerprint density at radius 2 is 2.29 bits per heavy atom. The number of carbonyl (C=O) groups is 2. The number of hydrogen-bond donors (Lipinski definition) is 0. The van der Waals surface area contributed by atoms with Crippen LogP contribution in [0.2, 0.25) is 0 Å². The number of carbonyl (C=O) groups excluding carboxylic acids is 2. The fraction of sp³-hybridized carbons (Fsp3) is 0.467. The van der Waals surface area contributed by atoms with Crippen molar-refractivity contribution >= 4 is 17.7 Å². The van der Waals surface area contributed by atoms with Crippen LogP contribution in [0.1, 0.15) is 18.9 Å². The van der Waals surface area contributed by atoms with E-state index in [9.17, 15) is 14.0 Å². The van der Waals surface area contributed by atoms with Gasteiger partial charge in [0.2, 0.25) is 5.91 Å². The summed E-state index contributed by atoms with van der Waals surface area (Å²) in [4.78, 5) is 27.1. The van der Waals surface area contributed by atoms with Crippen LogP contribution in [0.5, 0.6) is 0 Å². The van der Waals surface area contributed by atoms with E-state index in [-0.39, 0.29) is 24.3 Å². The third kappa shape index (κ3) is 2.57. The first kappa shape index (κ1) is 13.9. The highest BCUT2D eigenvalue weighted by molar-refractivity contribution is 5.97. The largest absolute Gasteiger partial charge is 0.448 e. The van der Waals surface area contributed by atoms with Crippen LogP contribution in [0.25, 0.3) is 0 Å². The van der Waals surface area contributed by atoms with Gasteiger partial charge in [-0.15, -0.1) is 0 Å². The molecule has 1 aromatic rings. The quantitative estimate of drug-likeness (QED) is 0.837. The molecule has 1 saturated heterocycles. The van der Waals surface area contributed by atoms with E-state index in [1.165, 1.54) is 17.0 Å². The number of rotatable bonds is 2. The molecule has 3 rings (SSSR count). The lowest BCUT2D eigenvalue weighted by Crippen LogP contribution is -2.47. The van der Waals surface area contributed by atoms with E-state index in [2.05, 4.69) is 0 Å². The maximum atomic E-state index is 13.3. The van der Waals surface area contributed by atoms with E-state index in [1.54, 1.807) is 11.0 Å². The van der Waals surface area contributed by atoms with Gasteiger partial charge in [-0.3, -0.25) is 9.69 Å². The number of aryl methyl sites for hydroxylation is 1. The maximum absolute atomic E-state index is 13.3. The number of fused-ring (bicyclic) bond motifs is 1. The zero-order chi connectivity index (χ0) is 15.0. The van der Waals surface area contributed by atoms with Gasteiger partial charge in [0.15, 0.2) is 0 Å².